The average molecular weight is 391 g/mol. The number of phenolic OH excluding ortho intramolecular Hbond substituents is 1. The molecular formula is C23H34OS2. The molecule has 1 heterocycles. The maximum absolute atomic E-state index is 10.00. The predicted molar refractivity (Wildman–Crippen MR) is 116 cm³/mol. The van der Waals surface area contributed by atoms with Crippen LogP contribution in [-0.2, 0) is 6.42 Å². The summed E-state index contributed by atoms with van der Waals surface area (Å²) in [6.45, 7) is 7.22. The van der Waals surface area contributed by atoms with E-state index < -0.39 is 0 Å². The molecule has 2 aliphatic carbocycles. The highest BCUT2D eigenvalue weighted by atomic mass is 32.2. The fourth-order valence-electron chi connectivity index (χ4n) is 6.14. The van der Waals surface area contributed by atoms with Crippen molar-refractivity contribution < 1.29 is 5.11 Å². The second-order valence-electron chi connectivity index (χ2n) is 9.21. The highest BCUT2D eigenvalue weighted by Gasteiger charge is 2.56. The number of phenols is 1. The molecule has 0 amide bonds. The van der Waals surface area contributed by atoms with Crippen molar-refractivity contribution in [3.63, 3.8) is 0 Å². The molecular weight excluding hydrogens is 356 g/mol. The molecule has 26 heavy (non-hydrogen) atoms. The van der Waals surface area contributed by atoms with Gasteiger partial charge in [-0.2, -0.15) is 0 Å². The Bertz CT molecular complexity index is 650. The van der Waals surface area contributed by atoms with Crippen molar-refractivity contribution in [2.45, 2.75) is 75.7 Å². The van der Waals surface area contributed by atoms with E-state index in [1.807, 2.05) is 12.1 Å². The lowest BCUT2D eigenvalue weighted by molar-refractivity contribution is 0.0306. The Hall–Kier alpha value is -0.280. The van der Waals surface area contributed by atoms with Crippen molar-refractivity contribution >= 4 is 23.5 Å². The normalized spacial score (nSPS) is 32.6. The first-order chi connectivity index (χ1) is 12.5. The van der Waals surface area contributed by atoms with Crippen molar-refractivity contribution in [3.05, 3.63) is 29.3 Å². The van der Waals surface area contributed by atoms with Gasteiger partial charge in [0.15, 0.2) is 0 Å². The summed E-state index contributed by atoms with van der Waals surface area (Å²) in [5.74, 6) is 5.44. The van der Waals surface area contributed by atoms with Crippen LogP contribution < -0.4 is 0 Å². The van der Waals surface area contributed by atoms with Gasteiger partial charge in [-0.3, -0.25) is 0 Å². The lowest BCUT2D eigenvalue weighted by Crippen LogP contribution is -2.49. The van der Waals surface area contributed by atoms with Crippen LogP contribution in [0.2, 0.25) is 0 Å². The molecule has 1 N–H and O–H groups in total. The number of hydrogen-bond donors (Lipinski definition) is 1. The predicted octanol–water partition coefficient (Wildman–Crippen LogP) is 6.84. The highest BCUT2D eigenvalue weighted by Crippen LogP contribution is 2.67. The number of thioether (sulfide) groups is 2. The Kier molecular flexibility index (Phi) is 5.33. The standard InChI is InChI=1S/C23H34OS2/c1-4-22-10-9-17-13-19(24)7-8-20(17)21(22)15-23(25-11-12-26-23)14-18(22)6-5-16(2)3/h7-8,13,16,18,21,24H,4-6,9-12,14-15H2,1-3H3/t18-,21+,22-/m0/s1. The highest BCUT2D eigenvalue weighted by molar-refractivity contribution is 8.21. The second-order valence-corrected chi connectivity index (χ2v) is 12.4. The van der Waals surface area contributed by atoms with Gasteiger partial charge in [0, 0.05) is 11.5 Å². The summed E-state index contributed by atoms with van der Waals surface area (Å²) in [5.41, 5.74) is 3.47. The lowest BCUT2D eigenvalue weighted by Gasteiger charge is -2.57. The maximum Gasteiger partial charge on any atom is 0.115 e. The molecule has 4 rings (SSSR count). The smallest absolute Gasteiger partial charge is 0.115 e. The van der Waals surface area contributed by atoms with Gasteiger partial charge < -0.3 is 5.11 Å². The van der Waals surface area contributed by atoms with Crippen LogP contribution in [0.15, 0.2) is 18.2 Å². The van der Waals surface area contributed by atoms with E-state index in [2.05, 4.69) is 50.4 Å². The third kappa shape index (κ3) is 3.21. The van der Waals surface area contributed by atoms with Crippen LogP contribution in [0.5, 0.6) is 5.75 Å². The Morgan fingerprint density at radius 3 is 2.65 bits per heavy atom. The first-order valence-electron chi connectivity index (χ1n) is 10.6. The molecule has 1 aromatic carbocycles. The number of rotatable bonds is 4. The van der Waals surface area contributed by atoms with E-state index in [-0.39, 0.29) is 0 Å². The van der Waals surface area contributed by atoms with Gasteiger partial charge in [-0.25, -0.2) is 0 Å². The summed E-state index contributed by atoms with van der Waals surface area (Å²) in [5, 5.41) is 10.00. The molecule has 1 aliphatic heterocycles. The molecule has 144 valence electrons. The van der Waals surface area contributed by atoms with Crippen molar-refractivity contribution in [2.24, 2.45) is 17.3 Å². The number of aryl methyl sites for hydroxylation is 1. The summed E-state index contributed by atoms with van der Waals surface area (Å²) in [4.78, 5) is 0. The van der Waals surface area contributed by atoms with Crippen molar-refractivity contribution in [1.29, 1.82) is 0 Å². The molecule has 2 fully saturated rings. The van der Waals surface area contributed by atoms with Gasteiger partial charge in [-0.15, -0.1) is 23.5 Å². The summed E-state index contributed by atoms with van der Waals surface area (Å²) >= 11 is 4.52. The van der Waals surface area contributed by atoms with Crippen LogP contribution in [0.25, 0.3) is 0 Å². The molecule has 1 nitrogen and oxygen atoms in total. The third-order valence-corrected chi connectivity index (χ3v) is 11.0. The van der Waals surface area contributed by atoms with Gasteiger partial charge in [0.2, 0.25) is 0 Å². The topological polar surface area (TPSA) is 20.2 Å². The van der Waals surface area contributed by atoms with E-state index in [4.69, 9.17) is 0 Å². The average Bonchev–Trinajstić information content (AvgIpc) is 3.07. The minimum Gasteiger partial charge on any atom is -0.508 e. The first kappa shape index (κ1) is 19.1. The summed E-state index contributed by atoms with van der Waals surface area (Å²) in [6, 6.07) is 6.25. The van der Waals surface area contributed by atoms with Gasteiger partial charge in [0.25, 0.3) is 0 Å². The van der Waals surface area contributed by atoms with Crippen LogP contribution in [0.3, 0.4) is 0 Å². The molecule has 0 aromatic heterocycles. The quantitative estimate of drug-likeness (QED) is 0.607. The third-order valence-electron chi connectivity index (χ3n) is 7.51. The molecule has 3 heteroatoms. The molecule has 1 saturated carbocycles. The molecule has 3 atom stereocenters. The van der Waals surface area contributed by atoms with Crippen molar-refractivity contribution in [3.8, 4) is 5.75 Å². The summed E-state index contributed by atoms with van der Waals surface area (Å²) < 4.78 is 0.456. The second kappa shape index (κ2) is 7.28. The molecule has 1 saturated heterocycles. The Morgan fingerprint density at radius 1 is 1.19 bits per heavy atom. The van der Waals surface area contributed by atoms with E-state index in [1.165, 1.54) is 55.6 Å². The Morgan fingerprint density at radius 2 is 1.96 bits per heavy atom. The van der Waals surface area contributed by atoms with E-state index >= 15 is 0 Å². The van der Waals surface area contributed by atoms with E-state index in [0.29, 0.717) is 21.2 Å². The molecule has 0 radical (unpaired) electrons. The fourth-order valence-corrected chi connectivity index (χ4v) is 9.59. The van der Waals surface area contributed by atoms with Crippen LogP contribution in [-0.4, -0.2) is 20.7 Å². The van der Waals surface area contributed by atoms with Gasteiger partial charge in [-0.05, 0) is 85.0 Å². The zero-order valence-corrected chi connectivity index (χ0v) is 18.2. The van der Waals surface area contributed by atoms with Gasteiger partial charge in [-0.1, -0.05) is 33.3 Å². The number of benzene rings is 1. The molecule has 3 aliphatic rings. The first-order valence-corrected chi connectivity index (χ1v) is 12.5. The molecule has 1 aromatic rings. The minimum absolute atomic E-state index is 0.444. The molecule has 0 bridgehead atoms. The Labute approximate surface area is 168 Å². The van der Waals surface area contributed by atoms with E-state index in [0.717, 1.165) is 18.3 Å². The van der Waals surface area contributed by atoms with Gasteiger partial charge in [0.05, 0.1) is 4.08 Å². The van der Waals surface area contributed by atoms with Crippen LogP contribution in [0.1, 0.15) is 76.3 Å². The SMILES string of the molecule is CC[C@@]12CCc3cc(O)ccc3[C@H]1CC1(C[C@@H]2CCC(C)C)SCCS1. The summed E-state index contributed by atoms with van der Waals surface area (Å²) in [7, 11) is 0. The maximum atomic E-state index is 10.00. The van der Waals surface area contributed by atoms with Crippen LogP contribution in [0, 0.1) is 17.3 Å². The van der Waals surface area contributed by atoms with Crippen LogP contribution in [0.4, 0.5) is 0 Å². The molecule has 0 unspecified atom stereocenters. The van der Waals surface area contributed by atoms with Crippen molar-refractivity contribution in [2.75, 3.05) is 11.5 Å². The van der Waals surface area contributed by atoms with Gasteiger partial charge in [0.1, 0.15) is 5.75 Å². The lowest BCUT2D eigenvalue weighted by atomic mass is 9.51. The van der Waals surface area contributed by atoms with E-state index in [9.17, 15) is 5.11 Å². The van der Waals surface area contributed by atoms with Gasteiger partial charge >= 0.3 is 0 Å². The fraction of sp³-hybridized carbons (Fsp3) is 0.739. The largest absolute Gasteiger partial charge is 0.508 e. The zero-order valence-electron chi connectivity index (χ0n) is 16.6. The number of aromatic hydroxyl groups is 1. The Balaban J connectivity index is 1.74. The van der Waals surface area contributed by atoms with Crippen molar-refractivity contribution in [1.82, 2.24) is 0 Å². The van der Waals surface area contributed by atoms with Crippen LogP contribution >= 0.6 is 23.5 Å². The minimum atomic E-state index is 0.444. The summed E-state index contributed by atoms with van der Waals surface area (Å²) in [6.07, 6.45) is 9.31. The zero-order chi connectivity index (χ0) is 18.4. The molecule has 1 spiro atoms. The number of fused-ring (bicyclic) bond motifs is 3. The van der Waals surface area contributed by atoms with E-state index in [1.54, 1.807) is 5.56 Å². The number of hydrogen-bond acceptors (Lipinski definition) is 3. The monoisotopic (exact) mass is 390 g/mol.